The Morgan fingerprint density at radius 3 is 2.83 bits per heavy atom. The van der Waals surface area contributed by atoms with Gasteiger partial charge in [-0.15, -0.1) is 0 Å². The Balaban J connectivity index is 1.61. The first kappa shape index (κ1) is 17.0. The summed E-state index contributed by atoms with van der Waals surface area (Å²) in [7, 11) is -3.57. The van der Waals surface area contributed by atoms with Crippen LogP contribution in [0.3, 0.4) is 0 Å². The molecule has 1 aromatic carbocycles. The van der Waals surface area contributed by atoms with E-state index in [-0.39, 0.29) is 17.0 Å². The Hall–Kier alpha value is -1.80. The summed E-state index contributed by atoms with van der Waals surface area (Å²) in [5.41, 5.74) is 0.926. The Morgan fingerprint density at radius 2 is 2.12 bits per heavy atom. The average Bonchev–Trinajstić information content (AvgIpc) is 3.03. The molecule has 0 saturated carbocycles. The van der Waals surface area contributed by atoms with Gasteiger partial charge in [0.1, 0.15) is 5.75 Å². The minimum Gasteiger partial charge on any atom is -0.493 e. The van der Waals surface area contributed by atoms with Crippen LogP contribution in [0.25, 0.3) is 0 Å². The maximum atomic E-state index is 12.6. The summed E-state index contributed by atoms with van der Waals surface area (Å²) in [5, 5.41) is 0. The number of sulfonamides is 1. The minimum absolute atomic E-state index is 0.176. The van der Waals surface area contributed by atoms with E-state index >= 15 is 0 Å². The number of carbonyl (C=O) groups excluding carboxylic acids is 1. The third-order valence-electron chi connectivity index (χ3n) is 4.31. The molecule has 0 radical (unpaired) electrons. The SMILES string of the molecule is CCOC(=O)N1CCC(NS(=O)(=O)c2ccc3c(c2)CCO3)CC1. The molecule has 1 N–H and O–H groups in total. The zero-order valence-electron chi connectivity index (χ0n) is 13.7. The van der Waals surface area contributed by atoms with Crippen LogP contribution >= 0.6 is 0 Å². The smallest absolute Gasteiger partial charge is 0.409 e. The van der Waals surface area contributed by atoms with E-state index in [9.17, 15) is 13.2 Å². The highest BCUT2D eigenvalue weighted by Crippen LogP contribution is 2.28. The Bertz CT molecular complexity index is 711. The number of ether oxygens (including phenoxy) is 2. The van der Waals surface area contributed by atoms with Crippen molar-refractivity contribution in [2.45, 2.75) is 37.1 Å². The van der Waals surface area contributed by atoms with E-state index in [1.165, 1.54) is 0 Å². The second-order valence-corrected chi connectivity index (χ2v) is 7.66. The zero-order chi connectivity index (χ0) is 17.2. The van der Waals surface area contributed by atoms with E-state index in [2.05, 4.69) is 4.72 Å². The maximum Gasteiger partial charge on any atom is 0.409 e. The number of rotatable bonds is 4. The minimum atomic E-state index is -3.57. The molecule has 2 aliphatic rings. The fraction of sp³-hybridized carbons (Fsp3) is 0.562. The molecule has 1 fully saturated rings. The van der Waals surface area contributed by atoms with Crippen LogP contribution in [0.1, 0.15) is 25.3 Å². The summed E-state index contributed by atoms with van der Waals surface area (Å²) in [5.74, 6) is 0.761. The molecular formula is C16H22N2O5S. The predicted octanol–water partition coefficient (Wildman–Crippen LogP) is 1.52. The topological polar surface area (TPSA) is 84.9 Å². The molecular weight excluding hydrogens is 332 g/mol. The van der Waals surface area contributed by atoms with Crippen LogP contribution in [0.15, 0.2) is 23.1 Å². The van der Waals surface area contributed by atoms with E-state index in [0.29, 0.717) is 39.1 Å². The van der Waals surface area contributed by atoms with Crippen molar-refractivity contribution in [3.8, 4) is 5.75 Å². The van der Waals surface area contributed by atoms with Crippen LogP contribution in [-0.2, 0) is 21.2 Å². The molecule has 132 valence electrons. The van der Waals surface area contributed by atoms with Crippen LogP contribution in [0.5, 0.6) is 5.75 Å². The van der Waals surface area contributed by atoms with Gasteiger partial charge >= 0.3 is 6.09 Å². The molecule has 1 saturated heterocycles. The highest BCUT2D eigenvalue weighted by molar-refractivity contribution is 7.89. The molecule has 0 atom stereocenters. The summed E-state index contributed by atoms with van der Waals surface area (Å²) < 4.78 is 38.2. The highest BCUT2D eigenvalue weighted by atomic mass is 32.2. The number of piperidine rings is 1. The van der Waals surface area contributed by atoms with Crippen LogP contribution in [0, 0.1) is 0 Å². The van der Waals surface area contributed by atoms with Gasteiger partial charge in [-0.2, -0.15) is 0 Å². The van der Waals surface area contributed by atoms with Crippen molar-refractivity contribution in [3.05, 3.63) is 23.8 Å². The summed E-state index contributed by atoms with van der Waals surface area (Å²) in [6.45, 7) is 3.68. The molecule has 7 nitrogen and oxygen atoms in total. The summed E-state index contributed by atoms with van der Waals surface area (Å²) >= 11 is 0. The molecule has 0 aromatic heterocycles. The van der Waals surface area contributed by atoms with Gasteiger partial charge in [0.05, 0.1) is 18.1 Å². The number of fused-ring (bicyclic) bond motifs is 1. The van der Waals surface area contributed by atoms with E-state index in [4.69, 9.17) is 9.47 Å². The number of hydrogen-bond acceptors (Lipinski definition) is 5. The van der Waals surface area contributed by atoms with Gasteiger partial charge in [0.15, 0.2) is 0 Å². The normalized spacial score (nSPS) is 18.1. The second-order valence-electron chi connectivity index (χ2n) is 5.95. The standard InChI is InChI=1S/C16H22N2O5S/c1-2-22-16(19)18-8-5-13(6-9-18)17-24(20,21)14-3-4-15-12(11-14)7-10-23-15/h3-4,11,13,17H,2,5-10H2,1H3. The lowest BCUT2D eigenvalue weighted by Crippen LogP contribution is -2.46. The Morgan fingerprint density at radius 1 is 1.38 bits per heavy atom. The number of carbonyl (C=O) groups is 1. The number of nitrogens with zero attached hydrogens (tertiary/aromatic N) is 1. The van der Waals surface area contributed by atoms with E-state index in [1.807, 2.05) is 0 Å². The number of benzene rings is 1. The maximum absolute atomic E-state index is 12.6. The lowest BCUT2D eigenvalue weighted by atomic mass is 10.1. The molecule has 1 amide bonds. The number of nitrogens with one attached hydrogen (secondary N) is 1. The van der Waals surface area contributed by atoms with Crippen molar-refractivity contribution in [2.24, 2.45) is 0 Å². The first-order chi connectivity index (χ1) is 11.5. The predicted molar refractivity (Wildman–Crippen MR) is 87.6 cm³/mol. The van der Waals surface area contributed by atoms with Crippen molar-refractivity contribution >= 4 is 16.1 Å². The number of hydrogen-bond donors (Lipinski definition) is 1. The zero-order valence-corrected chi connectivity index (χ0v) is 14.5. The van der Waals surface area contributed by atoms with Crippen LogP contribution in [0.2, 0.25) is 0 Å². The van der Waals surface area contributed by atoms with Crippen molar-refractivity contribution in [3.63, 3.8) is 0 Å². The molecule has 0 aliphatic carbocycles. The highest BCUT2D eigenvalue weighted by Gasteiger charge is 2.28. The van der Waals surface area contributed by atoms with Crippen LogP contribution in [-0.4, -0.2) is 51.8 Å². The number of amides is 1. The molecule has 24 heavy (non-hydrogen) atoms. The molecule has 0 spiro atoms. The van der Waals surface area contributed by atoms with Crippen LogP contribution < -0.4 is 9.46 Å². The third-order valence-corrected chi connectivity index (χ3v) is 5.83. The lowest BCUT2D eigenvalue weighted by molar-refractivity contribution is 0.0966. The van der Waals surface area contributed by atoms with E-state index < -0.39 is 10.0 Å². The van der Waals surface area contributed by atoms with Crippen molar-refractivity contribution in [1.29, 1.82) is 0 Å². The van der Waals surface area contributed by atoms with Crippen molar-refractivity contribution in [2.75, 3.05) is 26.3 Å². The molecule has 3 rings (SSSR count). The summed E-state index contributed by atoms with van der Waals surface area (Å²) in [6, 6.07) is 4.78. The van der Waals surface area contributed by atoms with Gasteiger partial charge in [-0.05, 0) is 43.5 Å². The average molecular weight is 354 g/mol. The molecule has 0 unspecified atom stereocenters. The largest absolute Gasteiger partial charge is 0.493 e. The van der Waals surface area contributed by atoms with Gasteiger partial charge in [0, 0.05) is 25.6 Å². The Kier molecular flexibility index (Phi) is 4.96. The summed E-state index contributed by atoms with van der Waals surface area (Å²) in [4.78, 5) is 13.5. The van der Waals surface area contributed by atoms with Crippen molar-refractivity contribution in [1.82, 2.24) is 9.62 Å². The van der Waals surface area contributed by atoms with Crippen molar-refractivity contribution < 1.29 is 22.7 Å². The molecule has 1 aromatic rings. The fourth-order valence-corrected chi connectivity index (χ4v) is 4.37. The van der Waals surface area contributed by atoms with E-state index in [0.717, 1.165) is 17.7 Å². The number of likely N-dealkylation sites (tertiary alicyclic amines) is 1. The molecule has 2 aliphatic heterocycles. The molecule has 8 heteroatoms. The molecule has 0 bridgehead atoms. The second kappa shape index (κ2) is 6.98. The van der Waals surface area contributed by atoms with Gasteiger partial charge in [-0.3, -0.25) is 0 Å². The first-order valence-corrected chi connectivity index (χ1v) is 9.67. The van der Waals surface area contributed by atoms with Crippen LogP contribution in [0.4, 0.5) is 4.79 Å². The van der Waals surface area contributed by atoms with Gasteiger partial charge in [-0.1, -0.05) is 0 Å². The van der Waals surface area contributed by atoms with E-state index in [1.54, 1.807) is 30.0 Å². The van der Waals surface area contributed by atoms with Gasteiger partial charge in [0.25, 0.3) is 0 Å². The Labute approximate surface area is 142 Å². The molecule has 2 heterocycles. The third kappa shape index (κ3) is 3.64. The summed E-state index contributed by atoms with van der Waals surface area (Å²) in [6.07, 6.45) is 1.55. The quantitative estimate of drug-likeness (QED) is 0.886. The van der Waals surface area contributed by atoms with Gasteiger partial charge in [0.2, 0.25) is 10.0 Å². The first-order valence-electron chi connectivity index (χ1n) is 8.19. The monoisotopic (exact) mass is 354 g/mol. The van der Waals surface area contributed by atoms with Gasteiger partial charge in [-0.25, -0.2) is 17.9 Å². The lowest BCUT2D eigenvalue weighted by Gasteiger charge is -2.31. The van der Waals surface area contributed by atoms with Gasteiger partial charge < -0.3 is 14.4 Å². The fourth-order valence-electron chi connectivity index (χ4n) is 3.01.